The smallest absolute Gasteiger partial charge is 0.120 e. The van der Waals surface area contributed by atoms with E-state index in [2.05, 4.69) is 5.32 Å². The van der Waals surface area contributed by atoms with Gasteiger partial charge in [-0.15, -0.1) is 0 Å². The highest BCUT2D eigenvalue weighted by atomic mass is 16.5. The molecule has 3 nitrogen and oxygen atoms in total. The van der Waals surface area contributed by atoms with Gasteiger partial charge in [-0.1, -0.05) is 6.07 Å². The van der Waals surface area contributed by atoms with Gasteiger partial charge in [0.25, 0.3) is 0 Å². The van der Waals surface area contributed by atoms with Crippen LogP contribution in [-0.2, 0) is 6.54 Å². The lowest BCUT2D eigenvalue weighted by Gasteiger charge is -2.11. The summed E-state index contributed by atoms with van der Waals surface area (Å²) in [5.41, 5.74) is 7.93. The lowest BCUT2D eigenvalue weighted by Crippen LogP contribution is -2.07. The van der Waals surface area contributed by atoms with E-state index in [0.717, 1.165) is 17.0 Å². The van der Waals surface area contributed by atoms with Crippen molar-refractivity contribution in [1.82, 2.24) is 0 Å². The topological polar surface area (TPSA) is 47.3 Å². The molecule has 1 aliphatic carbocycles. The van der Waals surface area contributed by atoms with Gasteiger partial charge in [0.2, 0.25) is 0 Å². The summed E-state index contributed by atoms with van der Waals surface area (Å²) in [6, 6.07) is 6.62. The maximum absolute atomic E-state index is 5.66. The van der Waals surface area contributed by atoms with Gasteiger partial charge >= 0.3 is 0 Å². The summed E-state index contributed by atoms with van der Waals surface area (Å²) in [6.07, 6.45) is 2.53. The van der Waals surface area contributed by atoms with Crippen LogP contribution in [0.25, 0.3) is 0 Å². The monoisotopic (exact) mass is 192 g/mol. The van der Waals surface area contributed by atoms with Crippen LogP contribution in [0.5, 0.6) is 5.75 Å². The molecular formula is C11H16N2O. The zero-order valence-corrected chi connectivity index (χ0v) is 8.42. The molecule has 14 heavy (non-hydrogen) atoms. The molecule has 1 saturated carbocycles. The highest BCUT2D eigenvalue weighted by Gasteiger charge is 2.21. The lowest BCUT2D eigenvalue weighted by atomic mass is 10.1. The largest absolute Gasteiger partial charge is 0.497 e. The molecule has 3 heteroatoms. The van der Waals surface area contributed by atoms with E-state index >= 15 is 0 Å². The van der Waals surface area contributed by atoms with Gasteiger partial charge in [-0.25, -0.2) is 0 Å². The van der Waals surface area contributed by atoms with E-state index in [0.29, 0.717) is 12.6 Å². The zero-order chi connectivity index (χ0) is 9.97. The van der Waals surface area contributed by atoms with Crippen LogP contribution < -0.4 is 15.8 Å². The maximum Gasteiger partial charge on any atom is 0.120 e. The molecule has 0 heterocycles. The number of nitrogens with two attached hydrogens (primary N) is 1. The van der Waals surface area contributed by atoms with Gasteiger partial charge in [0.15, 0.2) is 0 Å². The minimum absolute atomic E-state index is 0.568. The SMILES string of the molecule is COc1ccc(CN)c(NC2CC2)c1. The molecule has 1 aromatic carbocycles. The Balaban J connectivity index is 2.21. The summed E-state index contributed by atoms with van der Waals surface area (Å²) in [6.45, 7) is 0.568. The Hall–Kier alpha value is -1.22. The van der Waals surface area contributed by atoms with E-state index in [1.165, 1.54) is 12.8 Å². The molecule has 1 fully saturated rings. The van der Waals surface area contributed by atoms with Crippen LogP contribution in [0.15, 0.2) is 18.2 Å². The summed E-state index contributed by atoms with van der Waals surface area (Å²) in [5.74, 6) is 0.880. The van der Waals surface area contributed by atoms with Crippen molar-refractivity contribution in [3.05, 3.63) is 23.8 Å². The average Bonchev–Trinajstić information content (AvgIpc) is 3.01. The van der Waals surface area contributed by atoms with Crippen molar-refractivity contribution in [1.29, 1.82) is 0 Å². The Kier molecular flexibility index (Phi) is 2.59. The van der Waals surface area contributed by atoms with Crippen LogP contribution >= 0.6 is 0 Å². The van der Waals surface area contributed by atoms with Crippen molar-refractivity contribution in [2.45, 2.75) is 25.4 Å². The second kappa shape index (κ2) is 3.88. The third kappa shape index (κ3) is 1.99. The van der Waals surface area contributed by atoms with Crippen molar-refractivity contribution in [3.8, 4) is 5.75 Å². The second-order valence-electron chi connectivity index (χ2n) is 3.65. The molecule has 0 aliphatic heterocycles. The molecule has 0 spiro atoms. The molecule has 2 rings (SSSR count). The molecule has 76 valence electrons. The van der Waals surface area contributed by atoms with Crippen LogP contribution in [0.1, 0.15) is 18.4 Å². The predicted molar refractivity (Wildman–Crippen MR) is 57.5 cm³/mol. The van der Waals surface area contributed by atoms with E-state index in [1.54, 1.807) is 7.11 Å². The first-order chi connectivity index (χ1) is 6.83. The fraction of sp³-hybridized carbons (Fsp3) is 0.455. The first kappa shape index (κ1) is 9.34. The molecule has 0 aromatic heterocycles. The van der Waals surface area contributed by atoms with Crippen molar-refractivity contribution < 1.29 is 4.74 Å². The van der Waals surface area contributed by atoms with E-state index in [9.17, 15) is 0 Å². The average molecular weight is 192 g/mol. The van der Waals surface area contributed by atoms with Gasteiger partial charge in [-0.05, 0) is 24.5 Å². The zero-order valence-electron chi connectivity index (χ0n) is 8.42. The molecule has 0 radical (unpaired) electrons. The number of rotatable bonds is 4. The Morgan fingerprint density at radius 3 is 2.86 bits per heavy atom. The van der Waals surface area contributed by atoms with Gasteiger partial charge in [0.05, 0.1) is 7.11 Å². The summed E-state index contributed by atoms with van der Waals surface area (Å²) >= 11 is 0. The molecular weight excluding hydrogens is 176 g/mol. The third-order valence-corrected chi connectivity index (χ3v) is 2.47. The number of ether oxygens (including phenoxy) is 1. The van der Waals surface area contributed by atoms with Crippen LogP contribution in [0, 0.1) is 0 Å². The quantitative estimate of drug-likeness (QED) is 0.763. The maximum atomic E-state index is 5.66. The number of methoxy groups -OCH3 is 1. The second-order valence-corrected chi connectivity index (χ2v) is 3.65. The molecule has 0 saturated heterocycles. The highest BCUT2D eigenvalue weighted by molar-refractivity contribution is 5.56. The van der Waals surface area contributed by atoms with Crippen molar-refractivity contribution in [2.75, 3.05) is 12.4 Å². The van der Waals surface area contributed by atoms with Crippen LogP contribution in [0.3, 0.4) is 0 Å². The normalized spacial score (nSPS) is 15.3. The fourth-order valence-corrected chi connectivity index (χ4v) is 1.44. The molecule has 3 N–H and O–H groups in total. The fourth-order valence-electron chi connectivity index (χ4n) is 1.44. The predicted octanol–water partition coefficient (Wildman–Crippen LogP) is 1.73. The van der Waals surface area contributed by atoms with Gasteiger partial charge in [0.1, 0.15) is 5.75 Å². The number of hydrogen-bond donors (Lipinski definition) is 2. The van der Waals surface area contributed by atoms with Crippen LogP contribution in [0.4, 0.5) is 5.69 Å². The Bertz CT molecular complexity index is 321. The third-order valence-electron chi connectivity index (χ3n) is 2.47. The van der Waals surface area contributed by atoms with Crippen molar-refractivity contribution in [2.24, 2.45) is 5.73 Å². The van der Waals surface area contributed by atoms with E-state index in [4.69, 9.17) is 10.5 Å². The Labute approximate surface area is 84.3 Å². The van der Waals surface area contributed by atoms with Crippen LogP contribution in [-0.4, -0.2) is 13.2 Å². The van der Waals surface area contributed by atoms with Crippen molar-refractivity contribution >= 4 is 5.69 Å². The standard InChI is InChI=1S/C11H16N2O/c1-14-10-5-2-8(7-12)11(6-10)13-9-3-4-9/h2,5-6,9,13H,3-4,7,12H2,1H3. The molecule has 0 atom stereocenters. The molecule has 1 aromatic rings. The minimum Gasteiger partial charge on any atom is -0.497 e. The molecule has 0 amide bonds. The first-order valence-corrected chi connectivity index (χ1v) is 4.97. The minimum atomic E-state index is 0.568. The molecule has 0 bridgehead atoms. The lowest BCUT2D eigenvalue weighted by molar-refractivity contribution is 0.415. The van der Waals surface area contributed by atoms with Gasteiger partial charge in [0, 0.05) is 24.3 Å². The van der Waals surface area contributed by atoms with Gasteiger partial charge in [-0.2, -0.15) is 0 Å². The molecule has 0 unspecified atom stereocenters. The van der Waals surface area contributed by atoms with Gasteiger partial charge in [-0.3, -0.25) is 0 Å². The Morgan fingerprint density at radius 1 is 1.50 bits per heavy atom. The summed E-state index contributed by atoms with van der Waals surface area (Å²) in [5, 5.41) is 3.45. The summed E-state index contributed by atoms with van der Waals surface area (Å²) < 4.78 is 5.18. The van der Waals surface area contributed by atoms with E-state index < -0.39 is 0 Å². The van der Waals surface area contributed by atoms with Crippen molar-refractivity contribution in [3.63, 3.8) is 0 Å². The Morgan fingerprint density at radius 2 is 2.29 bits per heavy atom. The van der Waals surface area contributed by atoms with E-state index in [1.807, 2.05) is 18.2 Å². The van der Waals surface area contributed by atoms with Gasteiger partial charge < -0.3 is 15.8 Å². The summed E-state index contributed by atoms with van der Waals surface area (Å²) in [7, 11) is 1.68. The summed E-state index contributed by atoms with van der Waals surface area (Å²) in [4.78, 5) is 0. The van der Waals surface area contributed by atoms with E-state index in [-0.39, 0.29) is 0 Å². The number of anilines is 1. The number of hydrogen-bond acceptors (Lipinski definition) is 3. The van der Waals surface area contributed by atoms with Crippen LogP contribution in [0.2, 0.25) is 0 Å². The molecule has 1 aliphatic rings. The number of benzene rings is 1. The highest BCUT2D eigenvalue weighted by Crippen LogP contribution is 2.29. The first-order valence-electron chi connectivity index (χ1n) is 4.97. The number of nitrogens with one attached hydrogen (secondary N) is 1.